The zero-order chi connectivity index (χ0) is 14.3. The van der Waals surface area contributed by atoms with E-state index in [-0.39, 0.29) is 0 Å². The quantitative estimate of drug-likeness (QED) is 0.664. The number of epoxide rings is 1. The van der Waals surface area contributed by atoms with Crippen LogP contribution in [0.25, 0.3) is 11.1 Å². The van der Waals surface area contributed by atoms with Crippen molar-refractivity contribution in [1.29, 1.82) is 0 Å². The first kappa shape index (κ1) is 13.0. The molecule has 2 aromatic rings. The van der Waals surface area contributed by atoms with Crippen molar-refractivity contribution in [3.05, 3.63) is 47.0 Å². The van der Waals surface area contributed by atoms with Crippen molar-refractivity contribution in [2.75, 3.05) is 18.1 Å². The molecule has 0 radical (unpaired) electrons. The average Bonchev–Trinajstić information content (AvgIpc) is 3.20. The van der Waals surface area contributed by atoms with E-state index in [1.54, 1.807) is 0 Å². The third-order valence-electron chi connectivity index (χ3n) is 4.01. The van der Waals surface area contributed by atoms with Gasteiger partial charge < -0.3 is 16.2 Å². The lowest BCUT2D eigenvalue weighted by atomic mass is 9.91. The van der Waals surface area contributed by atoms with Crippen LogP contribution in [0.4, 0.5) is 11.4 Å². The number of nitrogens with two attached hydrogens (primary N) is 2. The summed E-state index contributed by atoms with van der Waals surface area (Å²) >= 11 is 0. The number of rotatable bonds is 3. The Balaban J connectivity index is 2.08. The molecule has 3 nitrogen and oxygen atoms in total. The van der Waals surface area contributed by atoms with Crippen LogP contribution in [0, 0.1) is 13.8 Å². The number of nitrogen functional groups attached to an aromatic ring is 2. The molecular weight excluding hydrogens is 248 g/mol. The predicted molar refractivity (Wildman–Crippen MR) is 83.6 cm³/mol. The Morgan fingerprint density at radius 3 is 2.45 bits per heavy atom. The van der Waals surface area contributed by atoms with Crippen LogP contribution < -0.4 is 11.5 Å². The molecule has 0 bridgehead atoms. The molecule has 1 aliphatic rings. The number of benzene rings is 2. The van der Waals surface area contributed by atoms with Crippen LogP contribution in [0.3, 0.4) is 0 Å². The molecule has 3 heteroatoms. The molecule has 104 valence electrons. The first-order valence-electron chi connectivity index (χ1n) is 6.92. The molecule has 3 rings (SSSR count). The fraction of sp³-hybridized carbons (Fsp3) is 0.294. The van der Waals surface area contributed by atoms with Gasteiger partial charge in [-0.25, -0.2) is 0 Å². The summed E-state index contributed by atoms with van der Waals surface area (Å²) < 4.78 is 5.34. The highest BCUT2D eigenvalue weighted by Crippen LogP contribution is 2.33. The second kappa shape index (κ2) is 4.84. The molecule has 20 heavy (non-hydrogen) atoms. The van der Waals surface area contributed by atoms with Gasteiger partial charge >= 0.3 is 0 Å². The number of anilines is 2. The van der Waals surface area contributed by atoms with E-state index in [2.05, 4.69) is 26.0 Å². The second-order valence-electron chi connectivity index (χ2n) is 5.54. The maximum atomic E-state index is 6.13. The Labute approximate surface area is 119 Å². The molecule has 0 aromatic heterocycles. The molecule has 1 unspecified atom stereocenters. The minimum atomic E-state index is 0.346. The summed E-state index contributed by atoms with van der Waals surface area (Å²) in [6.45, 7) is 5.08. The standard InChI is InChI=1S/C17H20N2O/c1-10-7-12(18)3-4-14(10)15-5-6-17(19)16(11(15)2)8-13-9-20-13/h3-7,13H,8-9,18-19H2,1-2H3. The Hall–Kier alpha value is -2.00. The third-order valence-corrected chi connectivity index (χ3v) is 4.01. The number of hydrogen-bond acceptors (Lipinski definition) is 3. The fourth-order valence-corrected chi connectivity index (χ4v) is 2.74. The molecule has 0 spiro atoms. The number of hydrogen-bond donors (Lipinski definition) is 2. The zero-order valence-electron chi connectivity index (χ0n) is 11.9. The summed E-state index contributed by atoms with van der Waals surface area (Å²) in [6, 6.07) is 10.1. The maximum absolute atomic E-state index is 6.13. The van der Waals surface area contributed by atoms with Crippen molar-refractivity contribution in [2.45, 2.75) is 26.4 Å². The number of aryl methyl sites for hydroxylation is 1. The van der Waals surface area contributed by atoms with Gasteiger partial charge in [0.2, 0.25) is 0 Å². The van der Waals surface area contributed by atoms with Crippen LogP contribution >= 0.6 is 0 Å². The Morgan fingerprint density at radius 1 is 1.10 bits per heavy atom. The maximum Gasteiger partial charge on any atom is 0.0851 e. The van der Waals surface area contributed by atoms with Crippen LogP contribution in [0.2, 0.25) is 0 Å². The van der Waals surface area contributed by atoms with Crippen molar-refractivity contribution < 1.29 is 4.74 Å². The van der Waals surface area contributed by atoms with Gasteiger partial charge in [-0.2, -0.15) is 0 Å². The van der Waals surface area contributed by atoms with Gasteiger partial charge in [0.1, 0.15) is 0 Å². The molecule has 1 aliphatic heterocycles. The molecule has 0 saturated carbocycles. The van der Waals surface area contributed by atoms with Crippen molar-refractivity contribution in [3.8, 4) is 11.1 Å². The summed E-state index contributed by atoms with van der Waals surface area (Å²) in [4.78, 5) is 0. The molecule has 1 saturated heterocycles. The highest BCUT2D eigenvalue weighted by molar-refractivity contribution is 5.76. The van der Waals surface area contributed by atoms with Gasteiger partial charge in [0.15, 0.2) is 0 Å². The minimum absolute atomic E-state index is 0.346. The van der Waals surface area contributed by atoms with Crippen molar-refractivity contribution in [3.63, 3.8) is 0 Å². The third kappa shape index (κ3) is 2.37. The summed E-state index contributed by atoms with van der Waals surface area (Å²) in [5, 5.41) is 0. The molecule has 1 heterocycles. The summed E-state index contributed by atoms with van der Waals surface area (Å²) in [5.74, 6) is 0. The van der Waals surface area contributed by atoms with Gasteiger partial charge in [0.05, 0.1) is 12.7 Å². The van der Waals surface area contributed by atoms with Crippen molar-refractivity contribution in [1.82, 2.24) is 0 Å². The van der Waals surface area contributed by atoms with E-state index in [0.29, 0.717) is 6.10 Å². The Bertz CT molecular complexity index is 660. The van der Waals surface area contributed by atoms with E-state index in [9.17, 15) is 0 Å². The molecule has 4 N–H and O–H groups in total. The van der Waals surface area contributed by atoms with Gasteiger partial charge in [-0.05, 0) is 59.9 Å². The lowest BCUT2D eigenvalue weighted by molar-refractivity contribution is 0.407. The van der Waals surface area contributed by atoms with Crippen LogP contribution in [0.15, 0.2) is 30.3 Å². The largest absolute Gasteiger partial charge is 0.399 e. The summed E-state index contributed by atoms with van der Waals surface area (Å²) in [5.41, 5.74) is 19.7. The van der Waals surface area contributed by atoms with Crippen LogP contribution in [-0.4, -0.2) is 12.7 Å². The van der Waals surface area contributed by atoms with Crippen LogP contribution in [0.5, 0.6) is 0 Å². The van der Waals surface area contributed by atoms with Crippen LogP contribution in [0.1, 0.15) is 16.7 Å². The molecular formula is C17H20N2O. The monoisotopic (exact) mass is 268 g/mol. The van der Waals surface area contributed by atoms with Crippen LogP contribution in [-0.2, 0) is 11.2 Å². The Morgan fingerprint density at radius 2 is 1.80 bits per heavy atom. The Kier molecular flexibility index (Phi) is 3.14. The molecule has 1 fully saturated rings. The average molecular weight is 268 g/mol. The predicted octanol–water partition coefficient (Wildman–Crippen LogP) is 3.08. The molecule has 1 atom stereocenters. The van der Waals surface area contributed by atoms with Gasteiger partial charge in [0.25, 0.3) is 0 Å². The van der Waals surface area contributed by atoms with Crippen molar-refractivity contribution >= 4 is 11.4 Å². The number of ether oxygens (including phenoxy) is 1. The lowest BCUT2D eigenvalue weighted by Gasteiger charge is -2.15. The first-order valence-corrected chi connectivity index (χ1v) is 6.92. The zero-order valence-corrected chi connectivity index (χ0v) is 11.9. The summed E-state index contributed by atoms with van der Waals surface area (Å²) in [7, 11) is 0. The van der Waals surface area contributed by atoms with Gasteiger partial charge in [-0.3, -0.25) is 0 Å². The van der Waals surface area contributed by atoms with E-state index in [1.165, 1.54) is 27.8 Å². The smallest absolute Gasteiger partial charge is 0.0851 e. The second-order valence-corrected chi connectivity index (χ2v) is 5.54. The first-order chi connectivity index (χ1) is 9.56. The van der Waals surface area contributed by atoms with Gasteiger partial charge in [-0.15, -0.1) is 0 Å². The van der Waals surface area contributed by atoms with E-state index in [0.717, 1.165) is 24.4 Å². The van der Waals surface area contributed by atoms with Gasteiger partial charge in [-0.1, -0.05) is 12.1 Å². The van der Waals surface area contributed by atoms with Gasteiger partial charge in [0, 0.05) is 17.8 Å². The van der Waals surface area contributed by atoms with E-state index in [4.69, 9.17) is 16.2 Å². The highest BCUT2D eigenvalue weighted by atomic mass is 16.6. The van der Waals surface area contributed by atoms with Crippen molar-refractivity contribution in [2.24, 2.45) is 0 Å². The lowest BCUT2D eigenvalue weighted by Crippen LogP contribution is -2.03. The topological polar surface area (TPSA) is 64.6 Å². The fourth-order valence-electron chi connectivity index (χ4n) is 2.74. The summed E-state index contributed by atoms with van der Waals surface area (Å²) in [6.07, 6.45) is 1.25. The van der Waals surface area contributed by atoms with E-state index in [1.807, 2.05) is 18.2 Å². The normalized spacial score (nSPS) is 17.2. The molecule has 0 aliphatic carbocycles. The SMILES string of the molecule is Cc1cc(N)ccc1-c1ccc(N)c(CC2CO2)c1C. The molecule has 0 amide bonds. The highest BCUT2D eigenvalue weighted by Gasteiger charge is 2.25. The molecule has 2 aromatic carbocycles. The minimum Gasteiger partial charge on any atom is -0.399 e. The van der Waals surface area contributed by atoms with E-state index < -0.39 is 0 Å². The van der Waals surface area contributed by atoms with E-state index >= 15 is 0 Å².